The Morgan fingerprint density at radius 1 is 1.21 bits per heavy atom. The van der Waals surface area contributed by atoms with Crippen molar-refractivity contribution >= 4 is 17.7 Å². The number of piperidine rings is 1. The number of nitrogens with zero attached hydrogens (tertiary/aromatic N) is 1. The molecule has 0 aromatic heterocycles. The van der Waals surface area contributed by atoms with Crippen molar-refractivity contribution < 1.29 is 19.0 Å². The van der Waals surface area contributed by atoms with Crippen molar-refractivity contribution in [2.45, 2.75) is 50.0 Å². The van der Waals surface area contributed by atoms with E-state index in [0.717, 1.165) is 24.2 Å². The number of amides is 1. The molecule has 4 nitrogen and oxygen atoms in total. The van der Waals surface area contributed by atoms with Gasteiger partial charge in [0.05, 0.1) is 5.75 Å². The Morgan fingerprint density at radius 3 is 2.55 bits per heavy atom. The van der Waals surface area contributed by atoms with Crippen LogP contribution in [-0.2, 0) is 10.2 Å². The number of thioether (sulfide) groups is 1. The number of phenolic OH excluding ortho intramolecular Hbond substituents is 1. The molecule has 1 heterocycles. The highest BCUT2D eigenvalue weighted by atomic mass is 32.2. The van der Waals surface area contributed by atoms with Crippen LogP contribution in [0, 0.1) is 5.82 Å². The minimum absolute atomic E-state index is 0.0106. The van der Waals surface area contributed by atoms with E-state index in [-0.39, 0.29) is 29.0 Å². The number of phenols is 1. The molecule has 2 aromatic carbocycles. The number of para-hydroxylation sites is 1. The predicted molar refractivity (Wildman–Crippen MR) is 114 cm³/mol. The molecule has 0 spiro atoms. The minimum Gasteiger partial charge on any atom is -0.507 e. The van der Waals surface area contributed by atoms with Gasteiger partial charge in [0.25, 0.3) is 0 Å². The van der Waals surface area contributed by atoms with E-state index in [2.05, 4.69) is 0 Å². The molecule has 0 aliphatic carbocycles. The van der Waals surface area contributed by atoms with E-state index >= 15 is 0 Å². The van der Waals surface area contributed by atoms with E-state index < -0.39 is 0 Å². The summed E-state index contributed by atoms with van der Waals surface area (Å²) in [6, 6.07) is 11.7. The number of carbonyl (C=O) groups excluding carboxylic acids is 1. The molecular weight excluding hydrogens is 389 g/mol. The molecule has 29 heavy (non-hydrogen) atoms. The number of carbonyl (C=O) groups is 1. The third-order valence-corrected chi connectivity index (χ3v) is 6.10. The van der Waals surface area contributed by atoms with Gasteiger partial charge in [-0.3, -0.25) is 4.79 Å². The van der Waals surface area contributed by atoms with Crippen molar-refractivity contribution in [3.63, 3.8) is 0 Å². The molecule has 0 atom stereocenters. The van der Waals surface area contributed by atoms with Crippen LogP contribution in [0.25, 0.3) is 0 Å². The summed E-state index contributed by atoms with van der Waals surface area (Å²) in [5.41, 5.74) is 0.643. The highest BCUT2D eigenvalue weighted by Crippen LogP contribution is 2.34. The number of likely N-dealkylation sites (tertiary alicyclic amines) is 1. The maximum atomic E-state index is 13.7. The molecule has 1 aliphatic rings. The fourth-order valence-electron chi connectivity index (χ4n) is 3.40. The second-order valence-corrected chi connectivity index (χ2v) is 9.36. The number of halogens is 1. The fraction of sp³-hybridized carbons (Fsp3) is 0.435. The number of benzene rings is 2. The zero-order chi connectivity index (χ0) is 21.0. The molecule has 0 saturated carbocycles. The van der Waals surface area contributed by atoms with Gasteiger partial charge in [-0.25, -0.2) is 4.39 Å². The molecule has 0 bridgehead atoms. The van der Waals surface area contributed by atoms with Crippen LogP contribution < -0.4 is 4.74 Å². The first-order chi connectivity index (χ1) is 13.7. The first-order valence-corrected chi connectivity index (χ1v) is 10.9. The molecule has 1 saturated heterocycles. The average Bonchev–Trinajstić information content (AvgIpc) is 2.68. The molecule has 156 valence electrons. The van der Waals surface area contributed by atoms with Crippen molar-refractivity contribution in [3.8, 4) is 11.5 Å². The minimum atomic E-state index is -0.260. The molecule has 1 fully saturated rings. The Kier molecular flexibility index (Phi) is 6.73. The van der Waals surface area contributed by atoms with Crippen LogP contribution in [0.2, 0.25) is 0 Å². The van der Waals surface area contributed by atoms with Crippen LogP contribution in [0.1, 0.15) is 39.2 Å². The van der Waals surface area contributed by atoms with Gasteiger partial charge in [-0.15, -0.1) is 11.8 Å². The summed E-state index contributed by atoms with van der Waals surface area (Å²) in [4.78, 5) is 15.1. The lowest BCUT2D eigenvalue weighted by molar-refractivity contribution is -0.130. The van der Waals surface area contributed by atoms with Crippen LogP contribution in [-0.4, -0.2) is 40.9 Å². The van der Waals surface area contributed by atoms with Gasteiger partial charge in [-0.2, -0.15) is 0 Å². The summed E-state index contributed by atoms with van der Waals surface area (Å²) in [6.45, 7) is 7.39. The average molecular weight is 418 g/mol. The van der Waals surface area contributed by atoms with E-state index in [4.69, 9.17) is 4.74 Å². The van der Waals surface area contributed by atoms with E-state index in [1.54, 1.807) is 24.3 Å². The van der Waals surface area contributed by atoms with Crippen LogP contribution in [0.15, 0.2) is 47.4 Å². The molecule has 1 aliphatic heterocycles. The van der Waals surface area contributed by atoms with E-state index in [9.17, 15) is 14.3 Å². The number of ether oxygens (including phenoxy) is 1. The smallest absolute Gasteiger partial charge is 0.232 e. The molecular formula is C23H28FNO3S. The summed E-state index contributed by atoms with van der Waals surface area (Å²) in [6.07, 6.45) is 1.50. The third kappa shape index (κ3) is 5.66. The first-order valence-electron chi connectivity index (χ1n) is 9.89. The van der Waals surface area contributed by atoms with Crippen molar-refractivity contribution in [2.24, 2.45) is 0 Å². The van der Waals surface area contributed by atoms with Crippen LogP contribution >= 0.6 is 11.8 Å². The Bertz CT molecular complexity index is 857. The van der Waals surface area contributed by atoms with Crippen LogP contribution in [0.4, 0.5) is 4.39 Å². The summed E-state index contributed by atoms with van der Waals surface area (Å²) >= 11 is 1.35. The monoisotopic (exact) mass is 417 g/mol. The van der Waals surface area contributed by atoms with E-state index in [1.165, 1.54) is 17.8 Å². The molecule has 0 unspecified atom stereocenters. The van der Waals surface area contributed by atoms with Gasteiger partial charge in [0.15, 0.2) is 0 Å². The molecule has 2 aromatic rings. The van der Waals surface area contributed by atoms with Crippen molar-refractivity contribution in [3.05, 3.63) is 53.8 Å². The lowest BCUT2D eigenvalue weighted by atomic mass is 9.86. The van der Waals surface area contributed by atoms with Crippen molar-refractivity contribution in [2.75, 3.05) is 18.8 Å². The van der Waals surface area contributed by atoms with Gasteiger partial charge in [-0.05, 0) is 35.7 Å². The second kappa shape index (κ2) is 9.08. The standard InChI is InChI=1S/C23H28FNO3S/c1-23(2,3)18-14-16(24)8-9-20(18)28-17-10-12-25(13-11-17)22(27)15-29-21-7-5-4-6-19(21)26/h4-9,14,17,26H,10-13,15H2,1-3H3. The maximum Gasteiger partial charge on any atom is 0.232 e. The van der Waals surface area contributed by atoms with Gasteiger partial charge in [0.2, 0.25) is 5.91 Å². The number of hydrogen-bond acceptors (Lipinski definition) is 4. The zero-order valence-electron chi connectivity index (χ0n) is 17.2. The van der Waals surface area contributed by atoms with E-state index in [1.807, 2.05) is 37.8 Å². The van der Waals surface area contributed by atoms with Gasteiger partial charge < -0.3 is 14.7 Å². The topological polar surface area (TPSA) is 49.8 Å². The summed E-state index contributed by atoms with van der Waals surface area (Å²) in [5, 5.41) is 9.82. The molecule has 6 heteroatoms. The van der Waals surface area contributed by atoms with Crippen molar-refractivity contribution in [1.82, 2.24) is 4.90 Å². The fourth-order valence-corrected chi connectivity index (χ4v) is 4.26. The van der Waals surface area contributed by atoms with Gasteiger partial charge in [-0.1, -0.05) is 32.9 Å². The Hall–Kier alpha value is -2.21. The van der Waals surface area contributed by atoms with Gasteiger partial charge in [0.1, 0.15) is 23.4 Å². The Labute approximate surface area is 176 Å². The SMILES string of the molecule is CC(C)(C)c1cc(F)ccc1OC1CCN(C(=O)CSc2ccccc2O)CC1. The lowest BCUT2D eigenvalue weighted by Gasteiger charge is -2.33. The van der Waals surface area contributed by atoms with Gasteiger partial charge >= 0.3 is 0 Å². The third-order valence-electron chi connectivity index (χ3n) is 5.05. The number of hydrogen-bond donors (Lipinski definition) is 1. The highest BCUT2D eigenvalue weighted by molar-refractivity contribution is 8.00. The van der Waals surface area contributed by atoms with Crippen molar-refractivity contribution in [1.29, 1.82) is 0 Å². The Balaban J connectivity index is 1.53. The second-order valence-electron chi connectivity index (χ2n) is 8.34. The maximum absolute atomic E-state index is 13.7. The summed E-state index contributed by atoms with van der Waals surface area (Å²) in [5.74, 6) is 1.03. The van der Waals surface area contributed by atoms with Crippen LogP contribution in [0.5, 0.6) is 11.5 Å². The molecule has 0 radical (unpaired) electrons. The normalized spacial score (nSPS) is 15.4. The van der Waals surface area contributed by atoms with Crippen LogP contribution in [0.3, 0.4) is 0 Å². The lowest BCUT2D eigenvalue weighted by Crippen LogP contribution is -2.42. The predicted octanol–water partition coefficient (Wildman–Crippen LogP) is 4.99. The zero-order valence-corrected chi connectivity index (χ0v) is 18.0. The highest BCUT2D eigenvalue weighted by Gasteiger charge is 2.26. The molecule has 3 rings (SSSR count). The first kappa shape index (κ1) is 21.5. The van der Waals surface area contributed by atoms with E-state index in [0.29, 0.717) is 23.7 Å². The largest absolute Gasteiger partial charge is 0.507 e. The van der Waals surface area contributed by atoms with Gasteiger partial charge in [0, 0.05) is 36.4 Å². The summed E-state index contributed by atoms with van der Waals surface area (Å²) < 4.78 is 19.9. The Morgan fingerprint density at radius 2 is 1.90 bits per heavy atom. The quantitative estimate of drug-likeness (QED) is 0.696. The number of rotatable bonds is 5. The molecule has 1 N–H and O–H groups in total. The summed E-state index contributed by atoms with van der Waals surface area (Å²) in [7, 11) is 0. The molecule has 1 amide bonds. The number of aromatic hydroxyl groups is 1.